The van der Waals surface area contributed by atoms with E-state index in [0.29, 0.717) is 10.5 Å². The summed E-state index contributed by atoms with van der Waals surface area (Å²) >= 11 is 2.53. The highest BCUT2D eigenvalue weighted by molar-refractivity contribution is 8.18. The minimum Gasteiger partial charge on any atom is -0.282 e. The van der Waals surface area contributed by atoms with Gasteiger partial charge in [-0.25, -0.2) is 0 Å². The number of nitrogens with zero attached hydrogens (tertiary/aromatic N) is 2. The first-order valence-corrected chi connectivity index (χ1v) is 10.3. The number of thiophene rings is 1. The third-order valence-corrected chi connectivity index (χ3v) is 6.56. The topological polar surface area (TPSA) is 82.8 Å². The molecule has 0 spiro atoms. The van der Waals surface area contributed by atoms with Crippen LogP contribution in [0.3, 0.4) is 0 Å². The Labute approximate surface area is 173 Å². The fourth-order valence-electron chi connectivity index (χ4n) is 3.27. The lowest BCUT2D eigenvalue weighted by molar-refractivity contribution is -0.115. The molecule has 5 rings (SSSR count). The number of amides is 2. The second-order valence-electron chi connectivity index (χ2n) is 6.46. The lowest BCUT2D eigenvalue weighted by Gasteiger charge is -2.05. The molecule has 7 heteroatoms. The van der Waals surface area contributed by atoms with Crippen molar-refractivity contribution in [3.63, 3.8) is 0 Å². The van der Waals surface area contributed by atoms with E-state index in [1.54, 1.807) is 23.6 Å². The highest BCUT2D eigenvalue weighted by Gasteiger charge is 2.25. The molecule has 1 aliphatic heterocycles. The number of carbonyl (C=O) groups excluding carboxylic acids is 2. The molecular formula is C22H11N3O2S2. The third-order valence-electron chi connectivity index (χ3n) is 4.62. The van der Waals surface area contributed by atoms with Crippen LogP contribution in [0.15, 0.2) is 59.6 Å². The van der Waals surface area contributed by atoms with E-state index >= 15 is 0 Å². The van der Waals surface area contributed by atoms with E-state index in [0.717, 1.165) is 48.8 Å². The summed E-state index contributed by atoms with van der Waals surface area (Å²) in [6, 6.07) is 17.7. The van der Waals surface area contributed by atoms with Crippen molar-refractivity contribution in [2.75, 3.05) is 0 Å². The molecule has 1 N–H and O–H groups in total. The number of hydrogen-bond donors (Lipinski definition) is 1. The maximum absolute atomic E-state index is 11.8. The smallest absolute Gasteiger partial charge is 0.282 e. The van der Waals surface area contributed by atoms with E-state index in [9.17, 15) is 9.59 Å². The predicted octanol–water partition coefficient (Wildman–Crippen LogP) is 5.31. The molecule has 0 unspecified atom stereocenters. The Morgan fingerprint density at radius 2 is 1.97 bits per heavy atom. The van der Waals surface area contributed by atoms with Crippen LogP contribution >= 0.6 is 23.1 Å². The van der Waals surface area contributed by atoms with Crippen molar-refractivity contribution in [1.29, 1.82) is 5.26 Å². The summed E-state index contributed by atoms with van der Waals surface area (Å²) in [5, 5.41) is 13.1. The molecule has 3 heterocycles. The van der Waals surface area contributed by atoms with Gasteiger partial charge in [0.2, 0.25) is 0 Å². The normalized spacial score (nSPS) is 15.2. The number of rotatable bonds is 2. The Kier molecular flexibility index (Phi) is 4.16. The van der Waals surface area contributed by atoms with E-state index in [4.69, 9.17) is 5.26 Å². The SMILES string of the molecule is N#Cc1ccc2cc(-c3ccnc4ccc(C=C5SC(=O)NC5=O)cc34)sc2c1. The first kappa shape index (κ1) is 17.6. The standard InChI is InChI=1S/C22H11N3O2S2/c23-11-13-1-3-14-10-19(28-18(14)9-13)15-5-6-24-17-4-2-12(7-16(15)17)8-20-21(26)25-22(27)29-20/h1-10H,(H,25,26,27). The van der Waals surface area contributed by atoms with Gasteiger partial charge >= 0.3 is 0 Å². The quantitative estimate of drug-likeness (QED) is 0.450. The molecule has 2 aromatic heterocycles. The number of aromatic nitrogens is 1. The summed E-state index contributed by atoms with van der Waals surface area (Å²) in [6.07, 6.45) is 3.49. The highest BCUT2D eigenvalue weighted by Crippen LogP contribution is 2.37. The van der Waals surface area contributed by atoms with Gasteiger partial charge in [0.15, 0.2) is 0 Å². The Morgan fingerprint density at radius 3 is 2.76 bits per heavy atom. The lowest BCUT2D eigenvalue weighted by Crippen LogP contribution is -2.17. The number of carbonyl (C=O) groups is 2. The molecule has 4 aromatic rings. The first-order valence-electron chi connectivity index (χ1n) is 8.68. The first-order chi connectivity index (χ1) is 14.1. The number of fused-ring (bicyclic) bond motifs is 2. The van der Waals surface area contributed by atoms with Crippen molar-refractivity contribution in [3.05, 3.63) is 70.8 Å². The molecule has 2 amide bonds. The second kappa shape index (κ2) is 6.85. The number of nitriles is 1. The van der Waals surface area contributed by atoms with Gasteiger partial charge in [-0.15, -0.1) is 11.3 Å². The molecule has 1 fully saturated rings. The monoisotopic (exact) mass is 413 g/mol. The van der Waals surface area contributed by atoms with Crippen LogP contribution in [0.1, 0.15) is 11.1 Å². The second-order valence-corrected chi connectivity index (χ2v) is 8.56. The van der Waals surface area contributed by atoms with Crippen molar-refractivity contribution in [2.24, 2.45) is 0 Å². The molecule has 1 saturated heterocycles. The predicted molar refractivity (Wildman–Crippen MR) is 116 cm³/mol. The van der Waals surface area contributed by atoms with Gasteiger partial charge in [0.1, 0.15) is 0 Å². The van der Waals surface area contributed by atoms with Crippen molar-refractivity contribution in [3.8, 4) is 16.5 Å². The van der Waals surface area contributed by atoms with Gasteiger partial charge in [-0.2, -0.15) is 5.26 Å². The number of pyridine rings is 1. The van der Waals surface area contributed by atoms with Gasteiger partial charge in [0, 0.05) is 26.7 Å². The lowest BCUT2D eigenvalue weighted by atomic mass is 10.0. The van der Waals surface area contributed by atoms with Crippen LogP contribution in [-0.2, 0) is 4.79 Å². The van der Waals surface area contributed by atoms with E-state index in [2.05, 4.69) is 22.4 Å². The van der Waals surface area contributed by atoms with Gasteiger partial charge in [-0.3, -0.25) is 19.9 Å². The average molecular weight is 413 g/mol. The number of imide groups is 1. The zero-order valence-corrected chi connectivity index (χ0v) is 16.4. The molecule has 0 saturated carbocycles. The summed E-state index contributed by atoms with van der Waals surface area (Å²) in [7, 11) is 0. The molecular weight excluding hydrogens is 402 g/mol. The minimum absolute atomic E-state index is 0.355. The van der Waals surface area contributed by atoms with Gasteiger partial charge in [-0.1, -0.05) is 12.1 Å². The Hall–Kier alpha value is -3.47. The zero-order valence-electron chi connectivity index (χ0n) is 14.8. The van der Waals surface area contributed by atoms with Crippen molar-refractivity contribution >= 4 is 61.3 Å². The number of hydrogen-bond acceptors (Lipinski definition) is 6. The van der Waals surface area contributed by atoms with Crippen molar-refractivity contribution in [2.45, 2.75) is 0 Å². The van der Waals surface area contributed by atoms with Gasteiger partial charge in [-0.05, 0) is 65.2 Å². The van der Waals surface area contributed by atoms with E-state index in [1.165, 1.54) is 0 Å². The van der Waals surface area contributed by atoms with Crippen molar-refractivity contribution in [1.82, 2.24) is 10.3 Å². The van der Waals surface area contributed by atoms with E-state index < -0.39 is 0 Å². The summed E-state index contributed by atoms with van der Waals surface area (Å²) in [4.78, 5) is 29.1. The van der Waals surface area contributed by atoms with Gasteiger partial charge < -0.3 is 0 Å². The molecule has 0 radical (unpaired) electrons. The Bertz CT molecular complexity index is 1410. The molecule has 0 atom stereocenters. The summed E-state index contributed by atoms with van der Waals surface area (Å²) in [5.74, 6) is -0.371. The fourth-order valence-corrected chi connectivity index (χ4v) is 5.10. The molecule has 138 valence electrons. The Balaban J connectivity index is 1.65. The van der Waals surface area contributed by atoms with Crippen LogP contribution < -0.4 is 5.32 Å². The highest BCUT2D eigenvalue weighted by atomic mass is 32.2. The minimum atomic E-state index is -0.371. The largest absolute Gasteiger partial charge is 0.290 e. The fraction of sp³-hybridized carbons (Fsp3) is 0. The molecule has 0 bridgehead atoms. The van der Waals surface area contributed by atoms with Gasteiger partial charge in [0.05, 0.1) is 22.1 Å². The Morgan fingerprint density at radius 1 is 1.07 bits per heavy atom. The summed E-state index contributed by atoms with van der Waals surface area (Å²) in [6.45, 7) is 0. The van der Waals surface area contributed by atoms with Crippen LogP contribution in [0.4, 0.5) is 4.79 Å². The summed E-state index contributed by atoms with van der Waals surface area (Å²) < 4.78 is 1.06. The third kappa shape index (κ3) is 3.18. The van der Waals surface area contributed by atoms with Crippen LogP contribution in [0, 0.1) is 11.3 Å². The maximum atomic E-state index is 11.8. The number of nitrogens with one attached hydrogen (secondary N) is 1. The van der Waals surface area contributed by atoms with E-state index in [1.807, 2.05) is 42.5 Å². The van der Waals surface area contributed by atoms with Gasteiger partial charge in [0.25, 0.3) is 11.1 Å². The molecule has 1 aliphatic rings. The number of benzene rings is 2. The molecule has 0 aliphatic carbocycles. The molecule has 29 heavy (non-hydrogen) atoms. The average Bonchev–Trinajstić information content (AvgIpc) is 3.29. The zero-order chi connectivity index (χ0) is 20.0. The van der Waals surface area contributed by atoms with Crippen LogP contribution in [0.25, 0.3) is 37.5 Å². The van der Waals surface area contributed by atoms with Crippen LogP contribution in [-0.4, -0.2) is 16.1 Å². The molecule has 5 nitrogen and oxygen atoms in total. The molecule has 2 aromatic carbocycles. The number of thioether (sulfide) groups is 1. The van der Waals surface area contributed by atoms with Crippen LogP contribution in [0.5, 0.6) is 0 Å². The van der Waals surface area contributed by atoms with Crippen LogP contribution in [0.2, 0.25) is 0 Å². The summed E-state index contributed by atoms with van der Waals surface area (Å²) in [5.41, 5.74) is 3.35. The van der Waals surface area contributed by atoms with E-state index in [-0.39, 0.29) is 11.1 Å². The van der Waals surface area contributed by atoms with Crippen molar-refractivity contribution < 1.29 is 9.59 Å². The maximum Gasteiger partial charge on any atom is 0.290 e.